The Morgan fingerprint density at radius 3 is 2.36 bits per heavy atom. The molecule has 33 heavy (non-hydrogen) atoms. The molecular formula is C26H21N3O3S. The third kappa shape index (κ3) is 3.02. The van der Waals surface area contributed by atoms with Crippen molar-refractivity contribution < 1.29 is 14.4 Å². The smallest absolute Gasteiger partial charge is 0.267 e. The summed E-state index contributed by atoms with van der Waals surface area (Å²) in [6, 6.07) is 21.0. The monoisotopic (exact) mass is 455 g/mol. The van der Waals surface area contributed by atoms with Gasteiger partial charge in [0.2, 0.25) is 5.91 Å². The van der Waals surface area contributed by atoms with Crippen molar-refractivity contribution in [1.29, 1.82) is 5.26 Å². The number of hydrogen-bond donors (Lipinski definition) is 0. The lowest BCUT2D eigenvalue weighted by Crippen LogP contribution is -2.37. The van der Waals surface area contributed by atoms with Crippen LogP contribution < -0.4 is 9.96 Å². The summed E-state index contributed by atoms with van der Waals surface area (Å²) in [5, 5.41) is 12.1. The quantitative estimate of drug-likeness (QED) is 0.542. The Bertz CT molecular complexity index is 1280. The van der Waals surface area contributed by atoms with E-state index in [0.717, 1.165) is 47.4 Å². The second kappa shape index (κ2) is 7.84. The highest BCUT2D eigenvalue weighted by atomic mass is 32.1. The Labute approximate surface area is 195 Å². The Morgan fingerprint density at radius 1 is 0.939 bits per heavy atom. The van der Waals surface area contributed by atoms with E-state index in [-0.39, 0.29) is 11.8 Å². The molecule has 2 fully saturated rings. The van der Waals surface area contributed by atoms with E-state index in [2.05, 4.69) is 6.07 Å². The molecule has 6 nitrogen and oxygen atoms in total. The molecule has 0 radical (unpaired) electrons. The first-order valence-electron chi connectivity index (χ1n) is 11.2. The van der Waals surface area contributed by atoms with E-state index in [4.69, 9.17) is 4.84 Å². The largest absolute Gasteiger partial charge is 0.273 e. The molecule has 0 bridgehead atoms. The van der Waals surface area contributed by atoms with Crippen molar-refractivity contribution in [3.63, 3.8) is 0 Å². The van der Waals surface area contributed by atoms with Crippen molar-refractivity contribution in [1.82, 2.24) is 0 Å². The minimum atomic E-state index is -0.923. The molecule has 0 spiro atoms. The van der Waals surface area contributed by atoms with E-state index in [0.29, 0.717) is 10.6 Å². The number of aryl methyl sites for hydroxylation is 1. The van der Waals surface area contributed by atoms with Crippen LogP contribution >= 0.6 is 11.3 Å². The number of thiophene rings is 1. The van der Waals surface area contributed by atoms with Gasteiger partial charge < -0.3 is 0 Å². The molecule has 6 rings (SSSR count). The molecule has 0 unspecified atom stereocenters. The van der Waals surface area contributed by atoms with Crippen LogP contribution in [0.4, 0.5) is 10.7 Å². The summed E-state index contributed by atoms with van der Waals surface area (Å²) < 4.78 is 0. The zero-order valence-corrected chi connectivity index (χ0v) is 18.6. The molecule has 0 saturated carbocycles. The fraction of sp³-hybridized carbons (Fsp3) is 0.269. The van der Waals surface area contributed by atoms with Gasteiger partial charge in [0, 0.05) is 4.88 Å². The molecule has 164 valence electrons. The number of rotatable bonds is 3. The number of anilines is 2. The summed E-state index contributed by atoms with van der Waals surface area (Å²) in [7, 11) is 0. The maximum atomic E-state index is 13.8. The van der Waals surface area contributed by atoms with Crippen molar-refractivity contribution >= 4 is 33.8 Å². The number of carbonyl (C=O) groups is 2. The average Bonchev–Trinajstić information content (AvgIpc) is 3.50. The van der Waals surface area contributed by atoms with Crippen molar-refractivity contribution in [2.24, 2.45) is 5.92 Å². The van der Waals surface area contributed by atoms with Gasteiger partial charge in [-0.3, -0.25) is 14.4 Å². The van der Waals surface area contributed by atoms with E-state index in [1.165, 1.54) is 16.2 Å². The zero-order chi connectivity index (χ0) is 22.5. The van der Waals surface area contributed by atoms with Gasteiger partial charge in [0.1, 0.15) is 17.0 Å². The summed E-state index contributed by atoms with van der Waals surface area (Å²) in [6.07, 6.45) is 2.88. The molecule has 2 aromatic carbocycles. The van der Waals surface area contributed by atoms with Gasteiger partial charge in [0.25, 0.3) is 5.91 Å². The van der Waals surface area contributed by atoms with E-state index >= 15 is 0 Å². The Balaban J connectivity index is 1.44. The first kappa shape index (κ1) is 20.2. The molecule has 3 aliphatic rings. The van der Waals surface area contributed by atoms with Crippen LogP contribution in [0.2, 0.25) is 0 Å². The second-order valence-corrected chi connectivity index (χ2v) is 9.67. The Hall–Kier alpha value is -3.47. The summed E-state index contributed by atoms with van der Waals surface area (Å²) >= 11 is 1.42. The number of carbonyl (C=O) groups excluding carboxylic acids is 2. The molecule has 2 aliphatic heterocycles. The summed E-state index contributed by atoms with van der Waals surface area (Å²) in [5.41, 5.74) is 3.18. The number of fused-ring (bicyclic) bond motifs is 2. The first-order chi connectivity index (χ1) is 16.2. The minimum absolute atomic E-state index is 0.299. The summed E-state index contributed by atoms with van der Waals surface area (Å²) in [4.78, 5) is 36.0. The van der Waals surface area contributed by atoms with Crippen LogP contribution in [-0.4, -0.2) is 17.9 Å². The fourth-order valence-corrected chi connectivity index (χ4v) is 6.58. The zero-order valence-electron chi connectivity index (χ0n) is 17.8. The highest BCUT2D eigenvalue weighted by molar-refractivity contribution is 7.17. The maximum absolute atomic E-state index is 13.8. The second-order valence-electron chi connectivity index (χ2n) is 8.58. The molecule has 3 atom stereocenters. The van der Waals surface area contributed by atoms with Crippen molar-refractivity contribution in [3.05, 3.63) is 82.2 Å². The van der Waals surface area contributed by atoms with Crippen LogP contribution in [0.3, 0.4) is 0 Å². The molecule has 2 amide bonds. The standard InChI is InChI=1S/C26H21N3O3S/c27-15-19-18-13-7-8-14-20(18)33-26(19)28-24(30)21-22(16-9-3-1-4-10-16)29(32-23(21)25(28)31)17-11-5-2-6-12-17/h1-6,9-12,21-23H,7-8,13-14H2/t21-,22-,23+/m0/s1. The molecular weight excluding hydrogens is 434 g/mol. The third-order valence-corrected chi connectivity index (χ3v) is 8.01. The Kier molecular flexibility index (Phi) is 4.79. The van der Waals surface area contributed by atoms with Crippen molar-refractivity contribution in [2.75, 3.05) is 9.96 Å². The number of hydrogen-bond acceptors (Lipinski definition) is 6. The molecule has 1 aliphatic carbocycles. The predicted octanol–water partition coefficient (Wildman–Crippen LogP) is 4.55. The SMILES string of the molecule is N#Cc1c(N2C(=O)[C@@H]3[C@@H](ON(c4ccccc4)[C@H]3c3ccccc3)C2=O)sc2c1CCCC2. The highest BCUT2D eigenvalue weighted by Gasteiger charge is 2.61. The van der Waals surface area contributed by atoms with Crippen LogP contribution in [0.1, 0.15) is 40.5 Å². The normalized spacial score (nSPS) is 24.0. The molecule has 0 N–H and O–H groups in total. The number of nitrogens with zero attached hydrogens (tertiary/aromatic N) is 3. The predicted molar refractivity (Wildman–Crippen MR) is 125 cm³/mol. The molecule has 1 aromatic heterocycles. The lowest BCUT2D eigenvalue weighted by Gasteiger charge is -2.28. The summed E-state index contributed by atoms with van der Waals surface area (Å²) in [5.74, 6) is -1.38. The van der Waals surface area contributed by atoms with Crippen LogP contribution in [0.15, 0.2) is 60.7 Å². The highest BCUT2D eigenvalue weighted by Crippen LogP contribution is 2.50. The number of benzene rings is 2. The van der Waals surface area contributed by atoms with Gasteiger partial charge in [0.05, 0.1) is 17.3 Å². The van der Waals surface area contributed by atoms with Gasteiger partial charge in [-0.05, 0) is 48.9 Å². The van der Waals surface area contributed by atoms with Gasteiger partial charge in [-0.1, -0.05) is 48.5 Å². The van der Waals surface area contributed by atoms with Crippen LogP contribution in [0.25, 0.3) is 0 Å². The van der Waals surface area contributed by atoms with E-state index in [1.54, 1.807) is 5.06 Å². The number of hydroxylamine groups is 1. The summed E-state index contributed by atoms with van der Waals surface area (Å²) in [6.45, 7) is 0. The third-order valence-electron chi connectivity index (χ3n) is 6.73. The van der Waals surface area contributed by atoms with Crippen LogP contribution in [0.5, 0.6) is 0 Å². The van der Waals surface area contributed by atoms with E-state index in [9.17, 15) is 14.9 Å². The van der Waals surface area contributed by atoms with Crippen molar-refractivity contribution in [2.45, 2.75) is 37.8 Å². The van der Waals surface area contributed by atoms with E-state index < -0.39 is 18.1 Å². The first-order valence-corrected chi connectivity index (χ1v) is 12.0. The topological polar surface area (TPSA) is 73.6 Å². The lowest BCUT2D eigenvalue weighted by atomic mass is 9.90. The fourth-order valence-electron chi connectivity index (χ4n) is 5.23. The lowest BCUT2D eigenvalue weighted by molar-refractivity contribution is -0.126. The van der Waals surface area contributed by atoms with Gasteiger partial charge >= 0.3 is 0 Å². The van der Waals surface area contributed by atoms with Gasteiger partial charge in [0.15, 0.2) is 6.10 Å². The molecule has 7 heteroatoms. The van der Waals surface area contributed by atoms with Crippen LogP contribution in [0, 0.1) is 17.2 Å². The number of imide groups is 1. The molecule has 2 saturated heterocycles. The van der Waals surface area contributed by atoms with Gasteiger partial charge in [-0.15, -0.1) is 11.3 Å². The maximum Gasteiger partial charge on any atom is 0.267 e. The number of para-hydroxylation sites is 1. The average molecular weight is 456 g/mol. The van der Waals surface area contributed by atoms with Crippen molar-refractivity contribution in [3.8, 4) is 6.07 Å². The van der Waals surface area contributed by atoms with Gasteiger partial charge in [-0.25, -0.2) is 9.96 Å². The minimum Gasteiger partial charge on any atom is -0.273 e. The molecule has 3 aromatic rings. The van der Waals surface area contributed by atoms with Gasteiger partial charge in [-0.2, -0.15) is 5.26 Å². The number of nitriles is 1. The van der Waals surface area contributed by atoms with Crippen LogP contribution in [-0.2, 0) is 27.3 Å². The molecule has 3 heterocycles. The Morgan fingerprint density at radius 2 is 1.64 bits per heavy atom. The number of amides is 2. The van der Waals surface area contributed by atoms with E-state index in [1.807, 2.05) is 60.7 Å².